The Labute approximate surface area is 116 Å². The van der Waals surface area contributed by atoms with E-state index in [4.69, 9.17) is 5.11 Å². The number of benzene rings is 2. The van der Waals surface area contributed by atoms with Gasteiger partial charge in [0.15, 0.2) is 18.9 Å². The van der Waals surface area contributed by atoms with Crippen molar-refractivity contribution < 1.29 is 14.5 Å². The molecule has 0 saturated carbocycles. The normalized spacial score (nSPS) is 10.6. The summed E-state index contributed by atoms with van der Waals surface area (Å²) in [6.45, 7) is 0.803. The van der Waals surface area contributed by atoms with Crippen molar-refractivity contribution in [1.29, 1.82) is 0 Å². The third-order valence-electron chi connectivity index (χ3n) is 3.29. The van der Waals surface area contributed by atoms with Crippen molar-refractivity contribution in [3.05, 3.63) is 78.1 Å². The van der Waals surface area contributed by atoms with Gasteiger partial charge in [-0.25, -0.2) is 9.36 Å². The van der Waals surface area contributed by atoms with E-state index in [1.807, 2.05) is 42.7 Å². The highest BCUT2D eigenvalue weighted by Crippen LogP contribution is 2.14. The first kappa shape index (κ1) is 12.4. The number of rotatable bonds is 3. The van der Waals surface area contributed by atoms with Crippen LogP contribution in [0.4, 0.5) is 0 Å². The van der Waals surface area contributed by atoms with Crippen molar-refractivity contribution in [1.82, 2.24) is 0 Å². The number of aromatic nitrogens is 1. The molecule has 0 saturated heterocycles. The summed E-state index contributed by atoms with van der Waals surface area (Å²) in [5.41, 5.74) is 1.55. The molecule has 20 heavy (non-hydrogen) atoms. The average Bonchev–Trinajstić information content (AvgIpc) is 2.47. The maximum atomic E-state index is 10.9. The van der Waals surface area contributed by atoms with Gasteiger partial charge in [-0.1, -0.05) is 30.3 Å². The molecule has 0 unspecified atom stereocenters. The molecule has 0 aliphatic carbocycles. The molecular weight excluding hydrogens is 250 g/mol. The van der Waals surface area contributed by atoms with Gasteiger partial charge >= 0.3 is 5.97 Å². The topological polar surface area (TPSA) is 41.2 Å². The molecule has 0 fully saturated rings. The summed E-state index contributed by atoms with van der Waals surface area (Å²) in [7, 11) is 0. The predicted molar refractivity (Wildman–Crippen MR) is 76.6 cm³/mol. The molecule has 3 aromatic rings. The van der Waals surface area contributed by atoms with Crippen LogP contribution in [0.15, 0.2) is 67.0 Å². The predicted octanol–water partition coefficient (Wildman–Crippen LogP) is 2.87. The van der Waals surface area contributed by atoms with E-state index < -0.39 is 5.97 Å². The molecule has 1 heterocycles. The third kappa shape index (κ3) is 2.52. The molecule has 98 valence electrons. The Hall–Kier alpha value is -2.68. The number of aromatic carboxylic acids is 1. The summed E-state index contributed by atoms with van der Waals surface area (Å²) in [6.07, 6.45) is 4.01. The van der Waals surface area contributed by atoms with E-state index in [0.29, 0.717) is 5.56 Å². The van der Waals surface area contributed by atoms with Crippen LogP contribution >= 0.6 is 0 Å². The second-order valence-corrected chi connectivity index (χ2v) is 4.75. The van der Waals surface area contributed by atoms with E-state index in [0.717, 1.165) is 17.3 Å². The quantitative estimate of drug-likeness (QED) is 0.739. The van der Waals surface area contributed by atoms with Gasteiger partial charge < -0.3 is 5.11 Å². The fourth-order valence-corrected chi connectivity index (χ4v) is 2.26. The Morgan fingerprint density at radius 2 is 1.80 bits per heavy atom. The first-order valence-electron chi connectivity index (χ1n) is 6.42. The lowest BCUT2D eigenvalue weighted by atomic mass is 10.1. The molecule has 0 radical (unpaired) electrons. The SMILES string of the molecule is O=C(O)c1ccc2c[n+](Cc3ccccc3)ccc2c1. The highest BCUT2D eigenvalue weighted by atomic mass is 16.4. The minimum absolute atomic E-state index is 0.318. The number of carboxylic acid groups (broad SMARTS) is 1. The fraction of sp³-hybridized carbons (Fsp3) is 0.0588. The second kappa shape index (κ2) is 5.13. The van der Waals surface area contributed by atoms with Gasteiger partial charge in [0.25, 0.3) is 0 Å². The molecule has 1 N–H and O–H groups in total. The van der Waals surface area contributed by atoms with E-state index in [9.17, 15) is 4.79 Å². The van der Waals surface area contributed by atoms with Gasteiger partial charge in [0.2, 0.25) is 0 Å². The van der Waals surface area contributed by atoms with E-state index in [1.54, 1.807) is 12.1 Å². The van der Waals surface area contributed by atoms with E-state index in [1.165, 1.54) is 5.56 Å². The zero-order valence-electron chi connectivity index (χ0n) is 10.9. The molecule has 3 heteroatoms. The number of fused-ring (bicyclic) bond motifs is 1. The largest absolute Gasteiger partial charge is 0.478 e. The molecule has 3 rings (SSSR count). The van der Waals surface area contributed by atoms with Crippen LogP contribution in [0.1, 0.15) is 15.9 Å². The van der Waals surface area contributed by atoms with Crippen LogP contribution in [0.25, 0.3) is 10.8 Å². The van der Waals surface area contributed by atoms with Crippen molar-refractivity contribution in [2.75, 3.05) is 0 Å². The molecule has 0 spiro atoms. The molecular formula is C17H14NO2+. The molecule has 0 amide bonds. The lowest BCUT2D eigenvalue weighted by Gasteiger charge is -2.01. The lowest BCUT2D eigenvalue weighted by molar-refractivity contribution is -0.687. The van der Waals surface area contributed by atoms with Crippen molar-refractivity contribution in [2.45, 2.75) is 6.54 Å². The van der Waals surface area contributed by atoms with Gasteiger partial charge in [0, 0.05) is 17.0 Å². The first-order chi connectivity index (χ1) is 9.72. The number of carbonyl (C=O) groups is 1. The van der Waals surface area contributed by atoms with Crippen LogP contribution in [0.2, 0.25) is 0 Å². The van der Waals surface area contributed by atoms with Crippen LogP contribution in [0.3, 0.4) is 0 Å². The smallest absolute Gasteiger partial charge is 0.335 e. The second-order valence-electron chi connectivity index (χ2n) is 4.75. The summed E-state index contributed by atoms with van der Waals surface area (Å²) in [4.78, 5) is 10.9. The lowest BCUT2D eigenvalue weighted by Crippen LogP contribution is -2.33. The Morgan fingerprint density at radius 1 is 1.00 bits per heavy atom. The highest BCUT2D eigenvalue weighted by Gasteiger charge is 2.07. The van der Waals surface area contributed by atoms with Gasteiger partial charge in [0.05, 0.1) is 5.56 Å². The van der Waals surface area contributed by atoms with Crippen LogP contribution < -0.4 is 4.57 Å². The minimum atomic E-state index is -0.895. The Balaban J connectivity index is 1.95. The summed E-state index contributed by atoms with van der Waals surface area (Å²) < 4.78 is 2.10. The van der Waals surface area contributed by atoms with Crippen LogP contribution in [0.5, 0.6) is 0 Å². The van der Waals surface area contributed by atoms with Crippen molar-refractivity contribution >= 4 is 16.7 Å². The number of hydrogen-bond donors (Lipinski definition) is 1. The molecule has 0 atom stereocenters. The summed E-state index contributed by atoms with van der Waals surface area (Å²) in [6, 6.07) is 17.4. The van der Waals surface area contributed by atoms with Gasteiger partial charge in [-0.3, -0.25) is 0 Å². The van der Waals surface area contributed by atoms with Crippen LogP contribution in [-0.4, -0.2) is 11.1 Å². The third-order valence-corrected chi connectivity index (χ3v) is 3.29. The zero-order chi connectivity index (χ0) is 13.9. The molecule has 0 aliphatic rings. The molecule has 0 bridgehead atoms. The van der Waals surface area contributed by atoms with Gasteiger partial charge in [-0.05, 0) is 23.6 Å². The maximum Gasteiger partial charge on any atom is 0.335 e. The number of nitrogens with zero attached hydrogens (tertiary/aromatic N) is 1. The van der Waals surface area contributed by atoms with E-state index >= 15 is 0 Å². The van der Waals surface area contributed by atoms with Gasteiger partial charge in [-0.15, -0.1) is 0 Å². The number of pyridine rings is 1. The highest BCUT2D eigenvalue weighted by molar-refractivity contribution is 5.93. The summed E-state index contributed by atoms with van der Waals surface area (Å²) in [5.74, 6) is -0.895. The van der Waals surface area contributed by atoms with E-state index in [2.05, 4.69) is 16.7 Å². The van der Waals surface area contributed by atoms with Crippen LogP contribution in [0, 0.1) is 0 Å². The molecule has 0 aliphatic heterocycles. The van der Waals surface area contributed by atoms with Crippen molar-refractivity contribution in [3.8, 4) is 0 Å². The van der Waals surface area contributed by atoms with E-state index in [-0.39, 0.29) is 0 Å². The molecule has 1 aromatic heterocycles. The minimum Gasteiger partial charge on any atom is -0.478 e. The maximum absolute atomic E-state index is 10.9. The monoisotopic (exact) mass is 264 g/mol. The number of carboxylic acids is 1. The Morgan fingerprint density at radius 3 is 2.55 bits per heavy atom. The first-order valence-corrected chi connectivity index (χ1v) is 6.42. The van der Waals surface area contributed by atoms with Crippen molar-refractivity contribution in [3.63, 3.8) is 0 Å². The number of hydrogen-bond acceptors (Lipinski definition) is 1. The summed E-state index contributed by atoms with van der Waals surface area (Å²) >= 11 is 0. The molecule has 2 aromatic carbocycles. The zero-order valence-corrected chi connectivity index (χ0v) is 10.9. The van der Waals surface area contributed by atoms with Crippen LogP contribution in [-0.2, 0) is 6.54 Å². The Bertz CT molecular complexity index is 766. The average molecular weight is 264 g/mol. The standard InChI is InChI=1S/C17H13NO2/c19-17(20)15-6-7-16-12-18(9-8-14(16)10-15)11-13-4-2-1-3-5-13/h1-10,12H,11H2/p+1. The van der Waals surface area contributed by atoms with Crippen molar-refractivity contribution in [2.24, 2.45) is 0 Å². The molecule has 3 nitrogen and oxygen atoms in total. The Kier molecular flexibility index (Phi) is 3.17. The van der Waals surface area contributed by atoms with Gasteiger partial charge in [0.1, 0.15) is 0 Å². The van der Waals surface area contributed by atoms with Gasteiger partial charge in [-0.2, -0.15) is 0 Å². The fourth-order valence-electron chi connectivity index (χ4n) is 2.26. The summed E-state index contributed by atoms with van der Waals surface area (Å²) in [5, 5.41) is 11.0.